The molecule has 0 spiro atoms. The van der Waals surface area contributed by atoms with Gasteiger partial charge in [-0.2, -0.15) is 0 Å². The van der Waals surface area contributed by atoms with Gasteiger partial charge in [0.15, 0.2) is 11.5 Å². The van der Waals surface area contributed by atoms with Crippen molar-refractivity contribution in [2.24, 2.45) is 0 Å². The number of benzene rings is 2. The minimum atomic E-state index is 0. The lowest BCUT2D eigenvalue weighted by Gasteiger charge is -2.15. The smallest absolute Gasteiger partial charge is 0.180 e. The predicted molar refractivity (Wildman–Crippen MR) is 108 cm³/mol. The van der Waals surface area contributed by atoms with E-state index in [2.05, 4.69) is 12.2 Å². The van der Waals surface area contributed by atoms with Gasteiger partial charge in [-0.15, -0.1) is 12.4 Å². The van der Waals surface area contributed by atoms with Crippen molar-refractivity contribution in [1.29, 1.82) is 0 Å². The van der Waals surface area contributed by atoms with Gasteiger partial charge >= 0.3 is 0 Å². The van der Waals surface area contributed by atoms with Crippen LogP contribution in [0.2, 0.25) is 15.1 Å². The van der Waals surface area contributed by atoms with Gasteiger partial charge in [-0.25, -0.2) is 0 Å². The van der Waals surface area contributed by atoms with Gasteiger partial charge < -0.3 is 14.8 Å². The van der Waals surface area contributed by atoms with Crippen LogP contribution in [-0.2, 0) is 13.2 Å². The van der Waals surface area contributed by atoms with Crippen LogP contribution < -0.4 is 14.8 Å². The number of hydrogen-bond donors (Lipinski definition) is 1. The molecular formula is C18H21Cl4NO2. The summed E-state index contributed by atoms with van der Waals surface area (Å²) in [6, 6.07) is 9.09. The summed E-state index contributed by atoms with van der Waals surface area (Å²) < 4.78 is 11.3. The first kappa shape index (κ1) is 22.2. The molecule has 0 bridgehead atoms. The van der Waals surface area contributed by atoms with Crippen molar-refractivity contribution in [2.75, 3.05) is 13.7 Å². The van der Waals surface area contributed by atoms with Crippen molar-refractivity contribution in [2.45, 2.75) is 26.5 Å². The highest BCUT2D eigenvalue weighted by molar-refractivity contribution is 6.35. The maximum Gasteiger partial charge on any atom is 0.180 e. The van der Waals surface area contributed by atoms with Crippen LogP contribution in [0.4, 0.5) is 0 Å². The Bertz CT molecular complexity index is 695. The Hall–Kier alpha value is -0.840. The van der Waals surface area contributed by atoms with E-state index in [1.165, 1.54) is 0 Å². The Morgan fingerprint density at radius 2 is 1.80 bits per heavy atom. The average Bonchev–Trinajstić information content (AvgIpc) is 2.55. The van der Waals surface area contributed by atoms with Crippen LogP contribution in [0.3, 0.4) is 0 Å². The molecular weight excluding hydrogens is 404 g/mol. The number of ether oxygens (including phenoxy) is 2. The Labute approximate surface area is 170 Å². The van der Waals surface area contributed by atoms with Gasteiger partial charge in [0.25, 0.3) is 0 Å². The molecule has 0 saturated heterocycles. The summed E-state index contributed by atoms with van der Waals surface area (Å²) in [5, 5.41) is 4.98. The SMILES string of the molecule is CCCNCc1cc(Cl)c(OCc2ccc(Cl)cc2Cl)c(OC)c1.Cl. The number of nitrogens with one attached hydrogen (secondary N) is 1. The lowest BCUT2D eigenvalue weighted by atomic mass is 10.2. The van der Waals surface area contributed by atoms with E-state index in [9.17, 15) is 0 Å². The van der Waals surface area contributed by atoms with E-state index in [1.54, 1.807) is 19.2 Å². The van der Waals surface area contributed by atoms with E-state index < -0.39 is 0 Å². The summed E-state index contributed by atoms with van der Waals surface area (Å²) in [5.41, 5.74) is 1.87. The molecule has 2 aromatic carbocycles. The first-order valence-electron chi connectivity index (χ1n) is 7.69. The molecule has 0 aliphatic rings. The lowest BCUT2D eigenvalue weighted by Crippen LogP contribution is -2.14. The second kappa shape index (κ2) is 11.0. The van der Waals surface area contributed by atoms with Gasteiger partial charge in [-0.1, -0.05) is 47.8 Å². The summed E-state index contributed by atoms with van der Waals surface area (Å²) in [6.07, 6.45) is 1.08. The summed E-state index contributed by atoms with van der Waals surface area (Å²) in [4.78, 5) is 0. The fourth-order valence-electron chi connectivity index (χ4n) is 2.21. The molecule has 0 saturated carbocycles. The molecule has 0 aliphatic heterocycles. The monoisotopic (exact) mass is 423 g/mol. The summed E-state index contributed by atoms with van der Waals surface area (Å²) in [6.45, 7) is 4.08. The van der Waals surface area contributed by atoms with Gasteiger partial charge in [0.1, 0.15) is 6.61 Å². The van der Waals surface area contributed by atoms with Crippen molar-refractivity contribution >= 4 is 47.2 Å². The van der Waals surface area contributed by atoms with E-state index in [-0.39, 0.29) is 19.0 Å². The molecule has 0 aliphatic carbocycles. The molecule has 0 fully saturated rings. The van der Waals surface area contributed by atoms with Gasteiger partial charge in [0.05, 0.1) is 12.1 Å². The highest BCUT2D eigenvalue weighted by Gasteiger charge is 2.13. The third kappa shape index (κ3) is 6.43. The highest BCUT2D eigenvalue weighted by atomic mass is 35.5. The van der Waals surface area contributed by atoms with Crippen LogP contribution in [-0.4, -0.2) is 13.7 Å². The number of hydrogen-bond acceptors (Lipinski definition) is 3. The Morgan fingerprint density at radius 1 is 1.04 bits per heavy atom. The predicted octanol–water partition coefficient (Wildman–Crippen LogP) is 6.16. The molecule has 7 heteroatoms. The van der Waals surface area contributed by atoms with Crippen molar-refractivity contribution in [3.05, 3.63) is 56.5 Å². The molecule has 0 radical (unpaired) electrons. The van der Waals surface area contributed by atoms with E-state index in [0.717, 1.165) is 30.6 Å². The van der Waals surface area contributed by atoms with Crippen molar-refractivity contribution in [1.82, 2.24) is 5.32 Å². The minimum absolute atomic E-state index is 0. The standard InChI is InChI=1S/C18H20Cl3NO2.ClH/c1-3-6-22-10-12-7-16(21)18(17(8-12)23-2)24-11-13-4-5-14(19)9-15(13)20;/h4-5,7-9,22H,3,6,10-11H2,1-2H3;1H. The molecule has 3 nitrogen and oxygen atoms in total. The van der Waals surface area contributed by atoms with Crippen LogP contribution in [0.25, 0.3) is 0 Å². The molecule has 0 atom stereocenters. The molecule has 1 N–H and O–H groups in total. The fourth-order valence-corrected chi connectivity index (χ4v) is 2.96. The van der Waals surface area contributed by atoms with E-state index in [0.29, 0.717) is 26.6 Å². The molecule has 2 rings (SSSR count). The van der Waals surface area contributed by atoms with Crippen LogP contribution in [0.1, 0.15) is 24.5 Å². The van der Waals surface area contributed by atoms with Gasteiger partial charge in [0.2, 0.25) is 0 Å². The number of rotatable bonds is 8. The first-order chi connectivity index (χ1) is 11.5. The second-order valence-corrected chi connectivity index (χ2v) is 6.56. The van der Waals surface area contributed by atoms with Crippen LogP contribution in [0.5, 0.6) is 11.5 Å². The third-order valence-corrected chi connectivity index (χ3v) is 4.30. The summed E-state index contributed by atoms with van der Waals surface area (Å²) in [5.74, 6) is 1.10. The van der Waals surface area contributed by atoms with Crippen LogP contribution in [0, 0.1) is 0 Å². The molecule has 0 unspecified atom stereocenters. The van der Waals surface area contributed by atoms with Crippen molar-refractivity contribution < 1.29 is 9.47 Å². The molecule has 138 valence electrons. The quantitative estimate of drug-likeness (QED) is 0.515. The molecule has 0 aromatic heterocycles. The molecule has 0 amide bonds. The van der Waals surface area contributed by atoms with Crippen molar-refractivity contribution in [3.63, 3.8) is 0 Å². The Balaban J connectivity index is 0.00000312. The highest BCUT2D eigenvalue weighted by Crippen LogP contribution is 2.37. The van der Waals surface area contributed by atoms with E-state index >= 15 is 0 Å². The molecule has 25 heavy (non-hydrogen) atoms. The normalized spacial score (nSPS) is 10.3. The summed E-state index contributed by atoms with van der Waals surface area (Å²) >= 11 is 18.4. The fraction of sp³-hybridized carbons (Fsp3) is 0.333. The van der Waals surface area contributed by atoms with Gasteiger partial charge in [-0.3, -0.25) is 0 Å². The van der Waals surface area contributed by atoms with E-state index in [1.807, 2.05) is 18.2 Å². The van der Waals surface area contributed by atoms with Gasteiger partial charge in [-0.05, 0) is 42.8 Å². The number of methoxy groups -OCH3 is 1. The zero-order chi connectivity index (χ0) is 17.5. The Morgan fingerprint density at radius 3 is 2.44 bits per heavy atom. The third-order valence-electron chi connectivity index (χ3n) is 3.43. The summed E-state index contributed by atoms with van der Waals surface area (Å²) in [7, 11) is 1.59. The maximum atomic E-state index is 6.37. The zero-order valence-electron chi connectivity index (χ0n) is 14.1. The van der Waals surface area contributed by atoms with Crippen LogP contribution >= 0.6 is 47.2 Å². The van der Waals surface area contributed by atoms with Gasteiger partial charge in [0, 0.05) is 22.2 Å². The Kier molecular flexibility index (Phi) is 9.77. The molecule has 2 aromatic rings. The average molecular weight is 425 g/mol. The lowest BCUT2D eigenvalue weighted by molar-refractivity contribution is 0.284. The molecule has 0 heterocycles. The maximum absolute atomic E-state index is 6.37. The second-order valence-electron chi connectivity index (χ2n) is 5.31. The first-order valence-corrected chi connectivity index (χ1v) is 8.82. The van der Waals surface area contributed by atoms with Crippen LogP contribution in [0.15, 0.2) is 30.3 Å². The van der Waals surface area contributed by atoms with Crippen molar-refractivity contribution in [3.8, 4) is 11.5 Å². The van der Waals surface area contributed by atoms with E-state index in [4.69, 9.17) is 44.3 Å². The number of halogens is 4. The minimum Gasteiger partial charge on any atom is -0.493 e. The largest absolute Gasteiger partial charge is 0.493 e. The zero-order valence-corrected chi connectivity index (χ0v) is 17.2. The topological polar surface area (TPSA) is 30.5 Å².